The van der Waals surface area contributed by atoms with Crippen molar-refractivity contribution in [1.29, 1.82) is 0 Å². The van der Waals surface area contributed by atoms with E-state index in [0.717, 1.165) is 12.8 Å². The summed E-state index contributed by atoms with van der Waals surface area (Å²) in [5.74, 6) is 0.687. The van der Waals surface area contributed by atoms with Crippen molar-refractivity contribution in [1.82, 2.24) is 0 Å². The van der Waals surface area contributed by atoms with Crippen LogP contribution in [-0.2, 0) is 0 Å². The third-order valence-corrected chi connectivity index (χ3v) is 2.16. The minimum Gasteiger partial charge on any atom is -0.247 e. The number of halogens is 1. The van der Waals surface area contributed by atoms with Crippen LogP contribution in [0.3, 0.4) is 0 Å². The summed E-state index contributed by atoms with van der Waals surface area (Å²) in [5.41, 5.74) is 0.669. The second-order valence-corrected chi connectivity index (χ2v) is 4.29. The smallest absolute Gasteiger partial charge is 0.101 e. The van der Waals surface area contributed by atoms with Gasteiger partial charge in [-0.2, -0.15) is 0 Å². The largest absolute Gasteiger partial charge is 0.247 e. The summed E-state index contributed by atoms with van der Waals surface area (Å²) in [4.78, 5) is 0. The average Bonchev–Trinajstić information content (AvgIpc) is 1.60. The fourth-order valence-electron chi connectivity index (χ4n) is 1.37. The second kappa shape index (κ2) is 2.96. The first-order chi connectivity index (χ1) is 4.18. The maximum absolute atomic E-state index is 12.2. The van der Waals surface area contributed by atoms with Crippen LogP contribution in [-0.4, -0.2) is 11.8 Å². The molecule has 0 saturated heterocycles. The molecule has 0 aromatic rings. The van der Waals surface area contributed by atoms with Crippen molar-refractivity contribution < 1.29 is 4.39 Å². The van der Waals surface area contributed by atoms with Crippen LogP contribution in [0, 0.1) is 5.92 Å². The molecule has 2 atom stereocenters. The molecule has 0 aromatic carbocycles. The van der Waals surface area contributed by atoms with Crippen LogP contribution in [0.4, 0.5) is 4.39 Å². The molecule has 2 heteroatoms. The highest BCUT2D eigenvalue weighted by atomic mass is 31.0. The van der Waals surface area contributed by atoms with Gasteiger partial charge in [0.05, 0.1) is 0 Å². The molecule has 0 aromatic heterocycles. The van der Waals surface area contributed by atoms with Gasteiger partial charge in [-0.1, -0.05) is 6.92 Å². The molecule has 0 amide bonds. The monoisotopic (exact) mass is 148 g/mol. The van der Waals surface area contributed by atoms with Crippen molar-refractivity contribution in [3.63, 3.8) is 0 Å². The van der Waals surface area contributed by atoms with Crippen LogP contribution < -0.4 is 0 Å². The highest BCUT2D eigenvalue weighted by Crippen LogP contribution is 2.34. The van der Waals surface area contributed by atoms with Gasteiger partial charge in [-0.05, 0) is 30.8 Å². The van der Waals surface area contributed by atoms with Gasteiger partial charge in [0.2, 0.25) is 0 Å². The molecule has 1 aliphatic carbocycles. The highest BCUT2D eigenvalue weighted by molar-refractivity contribution is 7.17. The number of hydrogen-bond acceptors (Lipinski definition) is 0. The van der Waals surface area contributed by atoms with Crippen molar-refractivity contribution >= 4 is 9.24 Å². The van der Waals surface area contributed by atoms with E-state index in [4.69, 9.17) is 0 Å². The lowest BCUT2D eigenvalue weighted by molar-refractivity contribution is 0.125. The second-order valence-electron chi connectivity index (χ2n) is 3.15. The van der Waals surface area contributed by atoms with Crippen LogP contribution in [0.25, 0.3) is 0 Å². The summed E-state index contributed by atoms with van der Waals surface area (Å²) in [5, 5.41) is 0. The van der Waals surface area contributed by atoms with Crippen molar-refractivity contribution in [2.24, 2.45) is 5.92 Å². The van der Waals surface area contributed by atoms with Crippen LogP contribution in [0.2, 0.25) is 0 Å². The predicted octanol–water partition coefficient (Wildman–Crippen LogP) is 2.39. The van der Waals surface area contributed by atoms with E-state index >= 15 is 0 Å². The van der Waals surface area contributed by atoms with Crippen LogP contribution in [0.15, 0.2) is 0 Å². The third-order valence-electron chi connectivity index (χ3n) is 1.88. The van der Waals surface area contributed by atoms with Gasteiger partial charge in [0.15, 0.2) is 0 Å². The molecule has 0 spiro atoms. The van der Waals surface area contributed by atoms with Crippen molar-refractivity contribution in [2.45, 2.75) is 38.0 Å². The highest BCUT2D eigenvalue weighted by Gasteiger charge is 2.28. The molecule has 1 aliphatic rings. The first-order valence-corrected chi connectivity index (χ1v) is 4.25. The maximum atomic E-state index is 12.2. The normalized spacial score (nSPS) is 37.7. The molecule has 1 fully saturated rings. The van der Waals surface area contributed by atoms with Crippen molar-refractivity contribution in [3.05, 3.63) is 0 Å². The Kier molecular flexibility index (Phi) is 2.46. The van der Waals surface area contributed by atoms with Crippen molar-refractivity contribution in [2.75, 3.05) is 0 Å². The summed E-state index contributed by atoms with van der Waals surface area (Å²) >= 11 is 0. The van der Waals surface area contributed by atoms with Crippen molar-refractivity contribution in [3.8, 4) is 0 Å². The quantitative estimate of drug-likeness (QED) is 0.527. The average molecular weight is 148 g/mol. The topological polar surface area (TPSA) is 0 Å². The molecule has 1 saturated carbocycles. The summed E-state index contributed by atoms with van der Waals surface area (Å²) < 4.78 is 12.2. The van der Waals surface area contributed by atoms with E-state index < -0.39 is 6.17 Å². The van der Waals surface area contributed by atoms with Crippen LogP contribution in [0.5, 0.6) is 0 Å². The van der Waals surface area contributed by atoms with Crippen LogP contribution >= 0.6 is 9.24 Å². The zero-order chi connectivity index (χ0) is 6.85. The standard InChI is InChI=1S/C7H14FP/c1-5(9)2-6-3-7(8)4-6/h5-7H,2-4,9H2,1H3. The molecule has 54 valence electrons. The van der Waals surface area contributed by atoms with Gasteiger partial charge in [-0.25, -0.2) is 4.39 Å². The van der Waals surface area contributed by atoms with Gasteiger partial charge in [-0.3, -0.25) is 0 Å². The Hall–Kier alpha value is 0.360. The zero-order valence-electron chi connectivity index (χ0n) is 5.81. The Balaban J connectivity index is 2.04. The maximum Gasteiger partial charge on any atom is 0.101 e. The Morgan fingerprint density at radius 1 is 1.67 bits per heavy atom. The van der Waals surface area contributed by atoms with E-state index in [0.29, 0.717) is 11.6 Å². The van der Waals surface area contributed by atoms with Gasteiger partial charge in [-0.15, -0.1) is 9.24 Å². The Bertz CT molecular complexity index is 86.9. The van der Waals surface area contributed by atoms with E-state index in [-0.39, 0.29) is 0 Å². The lowest BCUT2D eigenvalue weighted by Crippen LogP contribution is -2.26. The number of rotatable bonds is 2. The van der Waals surface area contributed by atoms with Gasteiger partial charge in [0.25, 0.3) is 0 Å². The molecule has 9 heavy (non-hydrogen) atoms. The third kappa shape index (κ3) is 2.21. The fourth-order valence-corrected chi connectivity index (χ4v) is 1.76. The predicted molar refractivity (Wildman–Crippen MR) is 41.4 cm³/mol. The summed E-state index contributed by atoms with van der Waals surface area (Å²) in [7, 11) is 2.75. The summed E-state index contributed by atoms with van der Waals surface area (Å²) in [6.45, 7) is 2.16. The lowest BCUT2D eigenvalue weighted by Gasteiger charge is -2.30. The SMILES string of the molecule is CC(P)CC1CC(F)C1. The first-order valence-electron chi connectivity index (χ1n) is 3.58. The summed E-state index contributed by atoms with van der Waals surface area (Å²) in [6, 6.07) is 0. The summed E-state index contributed by atoms with van der Waals surface area (Å²) in [6.07, 6.45) is 2.35. The minimum atomic E-state index is -0.473. The lowest BCUT2D eigenvalue weighted by atomic mass is 9.80. The molecular formula is C7H14FP. The van der Waals surface area contributed by atoms with E-state index in [1.165, 1.54) is 6.42 Å². The van der Waals surface area contributed by atoms with E-state index in [1.807, 2.05) is 0 Å². The molecule has 0 nitrogen and oxygen atoms in total. The molecule has 0 radical (unpaired) electrons. The van der Waals surface area contributed by atoms with E-state index in [9.17, 15) is 4.39 Å². The molecule has 2 unspecified atom stereocenters. The molecular weight excluding hydrogens is 134 g/mol. The van der Waals surface area contributed by atoms with Crippen LogP contribution in [0.1, 0.15) is 26.2 Å². The Labute approximate surface area is 58.4 Å². The van der Waals surface area contributed by atoms with Gasteiger partial charge in [0, 0.05) is 0 Å². The van der Waals surface area contributed by atoms with Gasteiger partial charge >= 0.3 is 0 Å². The Morgan fingerprint density at radius 2 is 2.22 bits per heavy atom. The molecule has 0 bridgehead atoms. The van der Waals surface area contributed by atoms with E-state index in [2.05, 4.69) is 16.2 Å². The van der Waals surface area contributed by atoms with Gasteiger partial charge in [0.1, 0.15) is 6.17 Å². The Morgan fingerprint density at radius 3 is 2.56 bits per heavy atom. The minimum absolute atomic E-state index is 0.473. The molecule has 0 heterocycles. The first kappa shape index (κ1) is 7.47. The molecule has 1 rings (SSSR count). The number of alkyl halides is 1. The fraction of sp³-hybridized carbons (Fsp3) is 1.00. The molecule has 0 aliphatic heterocycles. The van der Waals surface area contributed by atoms with Gasteiger partial charge < -0.3 is 0 Å². The molecule has 0 N–H and O–H groups in total. The number of hydrogen-bond donors (Lipinski definition) is 0. The van der Waals surface area contributed by atoms with E-state index in [1.54, 1.807) is 0 Å². The zero-order valence-corrected chi connectivity index (χ0v) is 6.96.